The first-order chi connectivity index (χ1) is 18.1. The summed E-state index contributed by atoms with van der Waals surface area (Å²) in [6, 6.07) is 4.14. The van der Waals surface area contributed by atoms with E-state index in [4.69, 9.17) is 4.74 Å². The molecule has 0 radical (unpaired) electrons. The normalized spacial score (nSPS) is 20.6. The highest BCUT2D eigenvalue weighted by Crippen LogP contribution is 2.42. The van der Waals surface area contributed by atoms with Crippen molar-refractivity contribution in [3.8, 4) is 5.75 Å². The number of halogens is 6. The number of hydrogen-bond donors (Lipinski definition) is 0. The number of carbonyl (C=O) groups is 2. The van der Waals surface area contributed by atoms with Crippen LogP contribution in [0.1, 0.15) is 59.7 Å². The molecule has 0 aliphatic carbocycles. The minimum absolute atomic E-state index is 0.0250. The van der Waals surface area contributed by atoms with Crippen molar-refractivity contribution in [3.63, 3.8) is 0 Å². The number of ether oxygens (including phenoxy) is 1. The van der Waals surface area contributed by atoms with E-state index in [1.807, 2.05) is 13.0 Å². The molecule has 2 aliphatic rings. The molecule has 0 spiro atoms. The largest absolute Gasteiger partial charge is 0.496 e. The van der Waals surface area contributed by atoms with Crippen molar-refractivity contribution in [2.75, 3.05) is 27.2 Å². The Balaban J connectivity index is 1.72. The molecular formula is C27H29F6N3O3. The summed E-state index contributed by atoms with van der Waals surface area (Å²) in [5.41, 5.74) is -1.65. The van der Waals surface area contributed by atoms with Crippen LogP contribution in [0, 0.1) is 6.92 Å². The van der Waals surface area contributed by atoms with E-state index >= 15 is 0 Å². The second kappa shape index (κ2) is 10.3. The first kappa shape index (κ1) is 28.6. The van der Waals surface area contributed by atoms with Crippen LogP contribution in [0.5, 0.6) is 5.75 Å². The van der Waals surface area contributed by atoms with E-state index in [2.05, 4.69) is 0 Å². The van der Waals surface area contributed by atoms with Gasteiger partial charge in [-0.25, -0.2) is 4.79 Å². The molecule has 212 valence electrons. The molecule has 39 heavy (non-hydrogen) atoms. The minimum atomic E-state index is -5.00. The lowest BCUT2D eigenvalue weighted by Crippen LogP contribution is -2.57. The summed E-state index contributed by atoms with van der Waals surface area (Å²) in [5, 5.41) is 0. The first-order valence-electron chi connectivity index (χ1n) is 12.4. The molecule has 2 aromatic rings. The van der Waals surface area contributed by atoms with Crippen LogP contribution in [0.4, 0.5) is 31.1 Å². The number of benzene rings is 2. The highest BCUT2D eigenvalue weighted by atomic mass is 19.4. The van der Waals surface area contributed by atoms with Crippen LogP contribution in [0.3, 0.4) is 0 Å². The zero-order valence-corrected chi connectivity index (χ0v) is 21.9. The van der Waals surface area contributed by atoms with Crippen molar-refractivity contribution in [1.29, 1.82) is 0 Å². The van der Waals surface area contributed by atoms with Gasteiger partial charge in [0.15, 0.2) is 0 Å². The fourth-order valence-corrected chi connectivity index (χ4v) is 5.51. The lowest BCUT2D eigenvalue weighted by atomic mass is 9.90. The molecular weight excluding hydrogens is 528 g/mol. The number of urea groups is 1. The zero-order chi connectivity index (χ0) is 28.9. The highest BCUT2D eigenvalue weighted by Gasteiger charge is 2.46. The Morgan fingerprint density at radius 2 is 1.67 bits per heavy atom. The van der Waals surface area contributed by atoms with Crippen LogP contribution in [0.15, 0.2) is 36.4 Å². The Kier molecular flexibility index (Phi) is 7.52. The van der Waals surface area contributed by atoms with Gasteiger partial charge < -0.3 is 19.4 Å². The standard InChI is InChI=1S/C27H29F6N3O3/c1-15-20(6-5-7-22(15)39-4)24-21-8-9-23(37)35(21)10-11-36(24)25(38)34(3)16(2)17-12-18(26(28,29)30)14-19(13-17)27(31,32)33/h5-7,12-14,16,21,24H,8-11H2,1-4H3. The van der Waals surface area contributed by atoms with Crippen LogP contribution >= 0.6 is 0 Å². The maximum absolute atomic E-state index is 13.9. The smallest absolute Gasteiger partial charge is 0.416 e. The van der Waals surface area contributed by atoms with Crippen molar-refractivity contribution in [2.24, 2.45) is 0 Å². The molecule has 12 heteroatoms. The highest BCUT2D eigenvalue weighted by molar-refractivity contribution is 5.81. The molecule has 2 aromatic carbocycles. The maximum atomic E-state index is 13.9. The predicted octanol–water partition coefficient (Wildman–Crippen LogP) is 6.20. The fourth-order valence-electron chi connectivity index (χ4n) is 5.51. The van der Waals surface area contributed by atoms with E-state index in [0.29, 0.717) is 30.7 Å². The second-order valence-electron chi connectivity index (χ2n) is 9.91. The second-order valence-corrected chi connectivity index (χ2v) is 9.91. The number of amides is 3. The summed E-state index contributed by atoms with van der Waals surface area (Å²) in [4.78, 5) is 30.8. The predicted molar refractivity (Wildman–Crippen MR) is 130 cm³/mol. The minimum Gasteiger partial charge on any atom is -0.496 e. The molecule has 3 atom stereocenters. The summed E-state index contributed by atoms with van der Waals surface area (Å²) < 4.78 is 86.1. The summed E-state index contributed by atoms with van der Waals surface area (Å²) in [5.74, 6) is 0.565. The number of carbonyl (C=O) groups excluding carboxylic acids is 2. The number of nitrogens with zero attached hydrogens (tertiary/aromatic N) is 3. The van der Waals surface area contributed by atoms with Crippen molar-refractivity contribution in [3.05, 3.63) is 64.2 Å². The van der Waals surface area contributed by atoms with E-state index in [1.54, 1.807) is 21.9 Å². The lowest BCUT2D eigenvalue weighted by molar-refractivity contribution is -0.143. The van der Waals surface area contributed by atoms with Gasteiger partial charge in [-0.3, -0.25) is 4.79 Å². The third kappa shape index (κ3) is 5.38. The SMILES string of the molecule is COc1cccc(C2C3CCC(=O)N3CCN2C(=O)N(C)C(C)c2cc(C(F)(F)F)cc(C(F)(F)F)c2)c1C. The number of hydrogen-bond acceptors (Lipinski definition) is 3. The number of fused-ring (bicyclic) bond motifs is 1. The van der Waals surface area contributed by atoms with Gasteiger partial charge in [-0.15, -0.1) is 0 Å². The third-order valence-electron chi connectivity index (χ3n) is 7.74. The fraction of sp³-hybridized carbons (Fsp3) is 0.481. The molecule has 2 heterocycles. The van der Waals surface area contributed by atoms with Crippen LogP contribution in [-0.2, 0) is 17.1 Å². The lowest BCUT2D eigenvalue weighted by Gasteiger charge is -2.47. The topological polar surface area (TPSA) is 53.1 Å². The average Bonchev–Trinajstić information content (AvgIpc) is 3.26. The van der Waals surface area contributed by atoms with Crippen LogP contribution in [-0.4, -0.2) is 59.9 Å². The van der Waals surface area contributed by atoms with E-state index < -0.39 is 41.6 Å². The molecule has 0 N–H and O–H groups in total. The number of rotatable bonds is 4. The molecule has 2 saturated heterocycles. The Bertz CT molecular complexity index is 1230. The Morgan fingerprint density at radius 1 is 1.05 bits per heavy atom. The first-order valence-corrected chi connectivity index (χ1v) is 12.4. The third-order valence-corrected chi connectivity index (χ3v) is 7.74. The Hall–Kier alpha value is -3.44. The molecule has 3 amide bonds. The van der Waals surface area contributed by atoms with Crippen molar-refractivity contribution < 1.29 is 40.7 Å². The molecule has 4 rings (SSSR count). The maximum Gasteiger partial charge on any atom is 0.416 e. The summed E-state index contributed by atoms with van der Waals surface area (Å²) >= 11 is 0. The molecule has 2 fully saturated rings. The van der Waals surface area contributed by atoms with Gasteiger partial charge in [-0.05, 0) is 61.2 Å². The molecule has 0 bridgehead atoms. The van der Waals surface area contributed by atoms with Gasteiger partial charge in [0.05, 0.1) is 36.4 Å². The van der Waals surface area contributed by atoms with Crippen molar-refractivity contribution in [1.82, 2.24) is 14.7 Å². The van der Waals surface area contributed by atoms with Crippen molar-refractivity contribution in [2.45, 2.75) is 57.2 Å². The monoisotopic (exact) mass is 557 g/mol. The van der Waals surface area contributed by atoms with Gasteiger partial charge in [-0.2, -0.15) is 26.3 Å². The molecule has 0 saturated carbocycles. The van der Waals surface area contributed by atoms with Gasteiger partial charge in [0.2, 0.25) is 5.91 Å². The zero-order valence-electron chi connectivity index (χ0n) is 21.9. The number of methoxy groups -OCH3 is 1. The van der Waals surface area contributed by atoms with E-state index in [9.17, 15) is 35.9 Å². The Morgan fingerprint density at radius 3 is 2.23 bits per heavy atom. The van der Waals surface area contributed by atoms with E-state index in [-0.39, 0.29) is 36.7 Å². The number of piperazine rings is 1. The van der Waals surface area contributed by atoms with Gasteiger partial charge in [0.1, 0.15) is 5.75 Å². The molecule has 3 unspecified atom stereocenters. The van der Waals surface area contributed by atoms with Crippen LogP contribution < -0.4 is 4.74 Å². The summed E-state index contributed by atoms with van der Waals surface area (Å²) in [7, 11) is 2.86. The molecule has 2 aliphatic heterocycles. The summed E-state index contributed by atoms with van der Waals surface area (Å²) in [6.07, 6.45) is -9.17. The van der Waals surface area contributed by atoms with Gasteiger partial charge >= 0.3 is 18.4 Å². The van der Waals surface area contributed by atoms with Gasteiger partial charge in [0.25, 0.3) is 0 Å². The number of alkyl halides is 6. The van der Waals surface area contributed by atoms with Crippen LogP contribution in [0.25, 0.3) is 0 Å². The van der Waals surface area contributed by atoms with E-state index in [0.717, 1.165) is 16.0 Å². The van der Waals surface area contributed by atoms with E-state index in [1.165, 1.54) is 21.1 Å². The quantitative estimate of drug-likeness (QED) is 0.421. The Labute approximate surface area is 222 Å². The van der Waals surface area contributed by atoms with Crippen molar-refractivity contribution >= 4 is 11.9 Å². The summed E-state index contributed by atoms with van der Waals surface area (Å²) in [6.45, 7) is 3.64. The van der Waals surface area contributed by atoms with Gasteiger partial charge in [-0.1, -0.05) is 12.1 Å². The van der Waals surface area contributed by atoms with Crippen LogP contribution in [0.2, 0.25) is 0 Å². The molecule has 6 nitrogen and oxygen atoms in total. The molecule has 0 aromatic heterocycles. The average molecular weight is 558 g/mol. The van der Waals surface area contributed by atoms with Gasteiger partial charge in [0, 0.05) is 26.6 Å².